The number of benzene rings is 3. The highest BCUT2D eigenvalue weighted by molar-refractivity contribution is 7.85. The van der Waals surface area contributed by atoms with E-state index in [0.29, 0.717) is 19.3 Å². The Morgan fingerprint density at radius 3 is 1.28 bits per heavy atom. The number of hydrogen-bond acceptors (Lipinski definition) is 4. The highest BCUT2D eigenvalue weighted by Crippen LogP contribution is 2.44. The molecule has 0 aromatic heterocycles. The molecule has 4 rings (SSSR count). The van der Waals surface area contributed by atoms with E-state index in [0.717, 1.165) is 0 Å². The van der Waals surface area contributed by atoms with Crippen LogP contribution >= 0.6 is 0 Å². The summed E-state index contributed by atoms with van der Waals surface area (Å²) < 4.78 is 25.9. The first-order valence-electron chi connectivity index (χ1n) is 9.34. The zero-order valence-corrected chi connectivity index (χ0v) is 17.0. The predicted octanol–water partition coefficient (Wildman–Crippen LogP) is 3.16. The molecule has 0 saturated carbocycles. The van der Waals surface area contributed by atoms with Crippen molar-refractivity contribution in [1.29, 1.82) is 0 Å². The average molecular weight is 412 g/mol. The molecular weight excluding hydrogens is 386 g/mol. The van der Waals surface area contributed by atoms with E-state index in [2.05, 4.69) is 95.9 Å². The number of aliphatic hydroxyl groups excluding tert-OH is 1. The monoisotopic (exact) mass is 411 g/mol. The lowest BCUT2D eigenvalue weighted by molar-refractivity contribution is -0.0419. The number of β-amino-alcohol motifs (C(OH)–C–C–N with tert-alkyl or cyclic N) is 1. The van der Waals surface area contributed by atoms with Gasteiger partial charge in [-0.1, -0.05) is 91.0 Å². The van der Waals surface area contributed by atoms with Crippen LogP contribution in [0.3, 0.4) is 0 Å². The molecule has 3 aromatic carbocycles. The maximum atomic E-state index is 9.98. The van der Waals surface area contributed by atoms with Gasteiger partial charge in [-0.25, -0.2) is 0 Å². The molecule has 1 fully saturated rings. The molecule has 5 nitrogen and oxygen atoms in total. The van der Waals surface area contributed by atoms with Crippen LogP contribution < -0.4 is 0 Å². The summed E-state index contributed by atoms with van der Waals surface area (Å²) >= 11 is 0. The second-order valence-corrected chi connectivity index (χ2v) is 8.57. The van der Waals surface area contributed by atoms with E-state index in [1.54, 1.807) is 0 Å². The zero-order chi connectivity index (χ0) is 20.9. The standard InChI is InChI=1S/C22H21NO.CH4O3S/c24-21-16-23(17-21)22(18-10-4-1-5-11-18,19-12-6-2-7-13-19)20-14-8-3-9-15-20;1-5(2,3)4/h1-15,21,24H,16-17H2;1H3,(H,2,3,4). The summed E-state index contributed by atoms with van der Waals surface area (Å²) in [5.41, 5.74) is 3.32. The average Bonchev–Trinajstić information content (AvgIpc) is 2.68. The summed E-state index contributed by atoms with van der Waals surface area (Å²) in [5, 5.41) is 9.98. The van der Waals surface area contributed by atoms with E-state index in [-0.39, 0.29) is 11.6 Å². The topological polar surface area (TPSA) is 77.8 Å². The van der Waals surface area contributed by atoms with Crippen LogP contribution in [0.1, 0.15) is 16.7 Å². The first kappa shape index (κ1) is 21.2. The van der Waals surface area contributed by atoms with Gasteiger partial charge in [-0.05, 0) is 16.7 Å². The molecule has 6 heteroatoms. The van der Waals surface area contributed by atoms with Crippen LogP contribution in [0.4, 0.5) is 0 Å². The van der Waals surface area contributed by atoms with E-state index >= 15 is 0 Å². The van der Waals surface area contributed by atoms with Crippen molar-refractivity contribution in [2.24, 2.45) is 0 Å². The fraction of sp³-hybridized carbons (Fsp3) is 0.217. The summed E-state index contributed by atoms with van der Waals surface area (Å²) in [7, 11) is -3.67. The maximum Gasteiger partial charge on any atom is 0.261 e. The van der Waals surface area contributed by atoms with Gasteiger partial charge in [0.15, 0.2) is 0 Å². The molecule has 2 N–H and O–H groups in total. The van der Waals surface area contributed by atoms with E-state index in [1.807, 2.05) is 0 Å². The highest BCUT2D eigenvalue weighted by Gasteiger charge is 2.46. The van der Waals surface area contributed by atoms with E-state index in [1.165, 1.54) is 16.7 Å². The molecule has 1 saturated heterocycles. The molecule has 0 atom stereocenters. The minimum atomic E-state index is -3.67. The molecule has 1 aliphatic heterocycles. The number of nitrogens with zero attached hydrogens (tertiary/aromatic N) is 1. The van der Waals surface area contributed by atoms with Gasteiger partial charge in [-0.15, -0.1) is 0 Å². The van der Waals surface area contributed by atoms with Gasteiger partial charge in [0.1, 0.15) is 0 Å². The highest BCUT2D eigenvalue weighted by atomic mass is 32.2. The predicted molar refractivity (Wildman–Crippen MR) is 114 cm³/mol. The second kappa shape index (κ2) is 8.88. The lowest BCUT2D eigenvalue weighted by atomic mass is 9.74. The SMILES string of the molecule is CS(=O)(=O)O.OC1CN(C(c2ccccc2)(c2ccccc2)c2ccccc2)C1. The van der Waals surface area contributed by atoms with Gasteiger partial charge in [0.05, 0.1) is 17.9 Å². The van der Waals surface area contributed by atoms with Crippen molar-refractivity contribution in [3.8, 4) is 0 Å². The van der Waals surface area contributed by atoms with Crippen molar-refractivity contribution in [1.82, 2.24) is 4.90 Å². The van der Waals surface area contributed by atoms with Crippen molar-refractivity contribution >= 4 is 10.1 Å². The molecule has 0 amide bonds. The first-order chi connectivity index (χ1) is 13.8. The smallest absolute Gasteiger partial charge is 0.261 e. The van der Waals surface area contributed by atoms with E-state index in [9.17, 15) is 13.5 Å². The Labute approximate surface area is 172 Å². The van der Waals surface area contributed by atoms with E-state index < -0.39 is 10.1 Å². The Hall–Kier alpha value is -2.51. The number of hydrogen-bond donors (Lipinski definition) is 2. The lowest BCUT2D eigenvalue weighted by Crippen LogP contribution is -2.61. The molecule has 1 aliphatic rings. The molecule has 0 aliphatic carbocycles. The molecule has 0 radical (unpaired) electrons. The number of aliphatic hydroxyl groups is 1. The van der Waals surface area contributed by atoms with Gasteiger partial charge in [-0.3, -0.25) is 9.45 Å². The molecule has 1 heterocycles. The van der Waals surface area contributed by atoms with Gasteiger partial charge in [0.2, 0.25) is 0 Å². The maximum absolute atomic E-state index is 9.98. The third kappa shape index (κ3) is 4.92. The summed E-state index contributed by atoms with van der Waals surface area (Å²) in [6.07, 6.45) is 0.466. The van der Waals surface area contributed by atoms with Crippen LogP contribution in [0.5, 0.6) is 0 Å². The molecule has 0 bridgehead atoms. The lowest BCUT2D eigenvalue weighted by Gasteiger charge is -2.52. The van der Waals surface area contributed by atoms with Gasteiger partial charge in [0.25, 0.3) is 10.1 Å². The van der Waals surface area contributed by atoms with Crippen molar-refractivity contribution in [3.05, 3.63) is 108 Å². The Morgan fingerprint density at radius 1 is 0.759 bits per heavy atom. The number of likely N-dealkylation sites (tertiary alicyclic amines) is 1. The summed E-state index contributed by atoms with van der Waals surface area (Å²) in [6.45, 7) is 1.36. The van der Waals surface area contributed by atoms with Gasteiger partial charge < -0.3 is 5.11 Å². The minimum absolute atomic E-state index is 0.250. The fourth-order valence-corrected chi connectivity index (χ4v) is 3.81. The third-order valence-electron chi connectivity index (χ3n) is 4.91. The van der Waals surface area contributed by atoms with Crippen molar-refractivity contribution in [3.63, 3.8) is 0 Å². The van der Waals surface area contributed by atoms with Crippen LogP contribution in [0.2, 0.25) is 0 Å². The van der Waals surface area contributed by atoms with Crippen LogP contribution in [0, 0.1) is 0 Å². The summed E-state index contributed by atoms with van der Waals surface area (Å²) in [5.74, 6) is 0. The van der Waals surface area contributed by atoms with Crippen LogP contribution in [-0.4, -0.2) is 48.4 Å². The quantitative estimate of drug-likeness (QED) is 0.509. The Morgan fingerprint density at radius 2 is 1.03 bits per heavy atom. The second-order valence-electron chi connectivity index (χ2n) is 7.10. The van der Waals surface area contributed by atoms with Gasteiger partial charge in [-0.2, -0.15) is 8.42 Å². The fourth-order valence-electron chi connectivity index (χ4n) is 3.81. The normalized spacial score (nSPS) is 15.1. The van der Waals surface area contributed by atoms with E-state index in [4.69, 9.17) is 4.55 Å². The Balaban J connectivity index is 0.000000431. The molecule has 3 aromatic rings. The third-order valence-corrected chi connectivity index (χ3v) is 4.91. The Bertz CT molecular complexity index is 898. The largest absolute Gasteiger partial charge is 0.390 e. The van der Waals surface area contributed by atoms with Gasteiger partial charge >= 0.3 is 0 Å². The molecule has 0 unspecified atom stereocenters. The molecular formula is C23H25NO4S. The van der Waals surface area contributed by atoms with Crippen LogP contribution in [0.15, 0.2) is 91.0 Å². The van der Waals surface area contributed by atoms with Crippen LogP contribution in [-0.2, 0) is 15.7 Å². The van der Waals surface area contributed by atoms with Gasteiger partial charge in [0, 0.05) is 13.1 Å². The van der Waals surface area contributed by atoms with Crippen molar-refractivity contribution in [2.45, 2.75) is 11.6 Å². The zero-order valence-electron chi connectivity index (χ0n) is 16.2. The summed E-state index contributed by atoms with van der Waals surface area (Å²) in [6, 6.07) is 31.8. The van der Waals surface area contributed by atoms with Crippen molar-refractivity contribution in [2.75, 3.05) is 19.3 Å². The molecule has 0 spiro atoms. The minimum Gasteiger partial charge on any atom is -0.390 e. The molecule has 152 valence electrons. The first-order valence-corrected chi connectivity index (χ1v) is 11.2. The van der Waals surface area contributed by atoms with Crippen molar-refractivity contribution < 1.29 is 18.1 Å². The number of rotatable bonds is 4. The summed E-state index contributed by atoms with van der Waals surface area (Å²) in [4.78, 5) is 2.37. The van der Waals surface area contributed by atoms with Crippen LogP contribution in [0.25, 0.3) is 0 Å². The molecule has 29 heavy (non-hydrogen) atoms. The Kier molecular flexibility index (Phi) is 6.49.